The van der Waals surface area contributed by atoms with E-state index in [2.05, 4.69) is 87.7 Å². The molecular formula is C24H15N3. The first-order chi connectivity index (χ1) is 13.4. The second-order valence-electron chi connectivity index (χ2n) is 7.32. The SMILES string of the molecule is c1ccc2c(c1)[nH]c1cc3c(cc12)[nH]c1c3ccc2c3ccccc3[nH]c21. The standard InChI is InChI=1S/C24H15N3/c1-4-8-20-13(5-1)15-9-10-16-18-12-21-17(14-6-2-3-7-19(14)25-21)11-22(18)27-24(16)23(15)26-20/h1-12,25-27H. The highest BCUT2D eigenvalue weighted by atomic mass is 14.8. The van der Waals surface area contributed by atoms with Crippen LogP contribution in [0, 0.1) is 0 Å². The Morgan fingerprint density at radius 2 is 0.852 bits per heavy atom. The Morgan fingerprint density at radius 1 is 0.370 bits per heavy atom. The Labute approximate surface area is 153 Å². The van der Waals surface area contributed by atoms with Gasteiger partial charge in [0.2, 0.25) is 0 Å². The molecule has 0 spiro atoms. The van der Waals surface area contributed by atoms with Crippen LogP contribution in [0.3, 0.4) is 0 Å². The first-order valence-electron chi connectivity index (χ1n) is 9.22. The van der Waals surface area contributed by atoms with Gasteiger partial charge in [-0.25, -0.2) is 0 Å². The molecule has 126 valence electrons. The van der Waals surface area contributed by atoms with E-state index in [0.29, 0.717) is 0 Å². The van der Waals surface area contributed by atoms with Crippen LogP contribution in [0.1, 0.15) is 0 Å². The van der Waals surface area contributed by atoms with Gasteiger partial charge in [-0.2, -0.15) is 0 Å². The summed E-state index contributed by atoms with van der Waals surface area (Å²) in [6, 6.07) is 26.0. The minimum atomic E-state index is 1.17. The van der Waals surface area contributed by atoms with Crippen molar-refractivity contribution < 1.29 is 0 Å². The highest BCUT2D eigenvalue weighted by Crippen LogP contribution is 2.37. The van der Waals surface area contributed by atoms with Crippen LogP contribution < -0.4 is 0 Å². The van der Waals surface area contributed by atoms with E-state index in [1.807, 2.05) is 0 Å². The largest absolute Gasteiger partial charge is 0.354 e. The van der Waals surface area contributed by atoms with Crippen molar-refractivity contribution in [2.75, 3.05) is 0 Å². The number of nitrogens with one attached hydrogen (secondary N) is 3. The van der Waals surface area contributed by atoms with Crippen LogP contribution in [-0.2, 0) is 0 Å². The molecule has 0 fully saturated rings. The maximum absolute atomic E-state index is 3.68. The number of benzene rings is 4. The minimum Gasteiger partial charge on any atom is -0.354 e. The summed E-state index contributed by atoms with van der Waals surface area (Å²) in [7, 11) is 0. The van der Waals surface area contributed by atoms with Crippen molar-refractivity contribution in [2.24, 2.45) is 0 Å². The molecule has 0 unspecified atom stereocenters. The lowest BCUT2D eigenvalue weighted by atomic mass is 10.1. The Kier molecular flexibility index (Phi) is 2.25. The third-order valence-corrected chi connectivity index (χ3v) is 5.88. The van der Waals surface area contributed by atoms with Crippen LogP contribution in [0.25, 0.3) is 65.4 Å². The van der Waals surface area contributed by atoms with Crippen molar-refractivity contribution in [3.8, 4) is 0 Å². The lowest BCUT2D eigenvalue weighted by Crippen LogP contribution is -1.72. The van der Waals surface area contributed by atoms with Crippen molar-refractivity contribution in [3.05, 3.63) is 72.8 Å². The van der Waals surface area contributed by atoms with Crippen molar-refractivity contribution in [3.63, 3.8) is 0 Å². The zero-order valence-corrected chi connectivity index (χ0v) is 14.4. The number of hydrogen-bond acceptors (Lipinski definition) is 0. The smallest absolute Gasteiger partial charge is 0.0710 e. The number of para-hydroxylation sites is 2. The Bertz CT molecular complexity index is 1670. The van der Waals surface area contributed by atoms with Crippen molar-refractivity contribution in [1.82, 2.24) is 15.0 Å². The number of fused-ring (bicyclic) bond motifs is 10. The second-order valence-corrected chi connectivity index (χ2v) is 7.32. The molecule has 0 aliphatic carbocycles. The average Bonchev–Trinajstić information content (AvgIpc) is 3.36. The summed E-state index contributed by atoms with van der Waals surface area (Å²) in [6.07, 6.45) is 0. The van der Waals surface area contributed by atoms with E-state index in [4.69, 9.17) is 0 Å². The molecule has 3 heterocycles. The quantitative estimate of drug-likeness (QED) is 0.278. The van der Waals surface area contributed by atoms with Crippen LogP contribution >= 0.6 is 0 Å². The second kappa shape index (κ2) is 4.51. The van der Waals surface area contributed by atoms with Gasteiger partial charge < -0.3 is 15.0 Å². The number of aromatic amines is 3. The highest BCUT2D eigenvalue weighted by molar-refractivity contribution is 6.23. The lowest BCUT2D eigenvalue weighted by Gasteiger charge is -1.95. The molecule has 0 bridgehead atoms. The zero-order chi connectivity index (χ0) is 17.5. The highest BCUT2D eigenvalue weighted by Gasteiger charge is 2.13. The average molecular weight is 345 g/mol. The topological polar surface area (TPSA) is 47.4 Å². The molecule has 0 amide bonds. The van der Waals surface area contributed by atoms with E-state index in [9.17, 15) is 0 Å². The number of H-pyrrole nitrogens is 3. The van der Waals surface area contributed by atoms with Gasteiger partial charge >= 0.3 is 0 Å². The van der Waals surface area contributed by atoms with Crippen molar-refractivity contribution in [1.29, 1.82) is 0 Å². The summed E-state index contributed by atoms with van der Waals surface area (Å²) in [6.45, 7) is 0. The molecule has 7 aromatic rings. The van der Waals surface area contributed by atoms with E-state index in [0.717, 1.165) is 0 Å². The number of aromatic nitrogens is 3. The molecule has 3 heteroatoms. The fraction of sp³-hybridized carbons (Fsp3) is 0. The maximum Gasteiger partial charge on any atom is 0.0710 e. The third kappa shape index (κ3) is 1.62. The molecule has 0 saturated carbocycles. The van der Waals surface area contributed by atoms with Crippen molar-refractivity contribution >= 4 is 65.4 Å². The van der Waals surface area contributed by atoms with Gasteiger partial charge in [0.15, 0.2) is 0 Å². The Hall–Kier alpha value is -3.72. The van der Waals surface area contributed by atoms with Crippen molar-refractivity contribution in [2.45, 2.75) is 0 Å². The van der Waals surface area contributed by atoms with Crippen LogP contribution in [0.4, 0.5) is 0 Å². The minimum absolute atomic E-state index is 1.17. The molecule has 27 heavy (non-hydrogen) atoms. The third-order valence-electron chi connectivity index (χ3n) is 5.88. The first-order valence-corrected chi connectivity index (χ1v) is 9.22. The van der Waals surface area contributed by atoms with Gasteiger partial charge in [0.1, 0.15) is 0 Å². The summed E-state index contributed by atoms with van der Waals surface area (Å²) in [5.74, 6) is 0. The predicted molar refractivity (Wildman–Crippen MR) is 115 cm³/mol. The van der Waals surface area contributed by atoms with Gasteiger partial charge in [0.05, 0.1) is 11.0 Å². The van der Waals surface area contributed by atoms with Crippen LogP contribution in [-0.4, -0.2) is 15.0 Å². The summed E-state index contributed by atoms with van der Waals surface area (Å²) < 4.78 is 0. The van der Waals surface area contributed by atoms with Gasteiger partial charge in [0, 0.05) is 54.4 Å². The molecule has 0 atom stereocenters. The summed E-state index contributed by atoms with van der Waals surface area (Å²) in [5, 5.41) is 7.57. The van der Waals surface area contributed by atoms with Gasteiger partial charge in [-0.15, -0.1) is 0 Å². The van der Waals surface area contributed by atoms with E-state index in [1.165, 1.54) is 65.4 Å². The molecule has 3 N–H and O–H groups in total. The van der Waals surface area contributed by atoms with Crippen LogP contribution in [0.5, 0.6) is 0 Å². The van der Waals surface area contributed by atoms with Gasteiger partial charge in [0.25, 0.3) is 0 Å². The van der Waals surface area contributed by atoms with E-state index >= 15 is 0 Å². The maximum atomic E-state index is 3.68. The van der Waals surface area contributed by atoms with Crippen LogP contribution in [0.2, 0.25) is 0 Å². The van der Waals surface area contributed by atoms with E-state index in [1.54, 1.807) is 0 Å². The summed E-state index contributed by atoms with van der Waals surface area (Å²) >= 11 is 0. The first kappa shape index (κ1) is 13.5. The molecule has 4 aromatic carbocycles. The fourth-order valence-electron chi connectivity index (χ4n) is 4.63. The van der Waals surface area contributed by atoms with E-state index in [-0.39, 0.29) is 0 Å². The summed E-state index contributed by atoms with van der Waals surface area (Å²) in [4.78, 5) is 10.9. The molecule has 3 nitrogen and oxygen atoms in total. The lowest BCUT2D eigenvalue weighted by molar-refractivity contribution is 1.51. The van der Waals surface area contributed by atoms with E-state index < -0.39 is 0 Å². The molecule has 0 saturated heterocycles. The van der Waals surface area contributed by atoms with Gasteiger partial charge in [-0.05, 0) is 24.3 Å². The normalized spacial score (nSPS) is 12.4. The predicted octanol–water partition coefficient (Wildman–Crippen LogP) is 6.59. The Balaban J connectivity index is 1.67. The van der Waals surface area contributed by atoms with Gasteiger partial charge in [-0.1, -0.05) is 48.5 Å². The number of hydrogen-bond donors (Lipinski definition) is 3. The van der Waals surface area contributed by atoms with Gasteiger partial charge in [-0.3, -0.25) is 0 Å². The fourth-order valence-corrected chi connectivity index (χ4v) is 4.63. The molecule has 0 aliphatic heterocycles. The molecule has 0 radical (unpaired) electrons. The zero-order valence-electron chi connectivity index (χ0n) is 14.4. The molecular weight excluding hydrogens is 330 g/mol. The molecule has 7 rings (SSSR count). The monoisotopic (exact) mass is 345 g/mol. The summed E-state index contributed by atoms with van der Waals surface area (Å²) in [5.41, 5.74) is 7.07. The molecule has 3 aromatic heterocycles. The molecule has 0 aliphatic rings. The number of rotatable bonds is 0. The van der Waals surface area contributed by atoms with Crippen LogP contribution in [0.15, 0.2) is 72.8 Å². The Morgan fingerprint density at radius 3 is 1.59 bits per heavy atom.